The van der Waals surface area contributed by atoms with E-state index in [9.17, 15) is 26.4 Å². The minimum atomic E-state index is -4.47. The molecule has 27 heavy (non-hydrogen) atoms. The first-order valence-electron chi connectivity index (χ1n) is 8.25. The summed E-state index contributed by atoms with van der Waals surface area (Å²) in [5.74, 6) is -0.924. The second-order valence-electron chi connectivity index (χ2n) is 6.29. The number of alkyl halides is 3. The molecule has 0 saturated heterocycles. The average molecular weight is 399 g/mol. The molecule has 0 aliphatic heterocycles. The Bertz CT molecular complexity index is 907. The van der Waals surface area contributed by atoms with Crippen LogP contribution in [0.4, 0.5) is 13.2 Å². The molecule has 2 aromatic carbocycles. The fraction of sp³-hybridized carbons (Fsp3) is 0.316. The Hall–Kier alpha value is -2.35. The van der Waals surface area contributed by atoms with E-state index in [0.717, 1.165) is 17.7 Å². The number of halogens is 3. The summed E-state index contributed by atoms with van der Waals surface area (Å²) < 4.78 is 62.8. The molecule has 1 N–H and O–H groups in total. The van der Waals surface area contributed by atoms with Crippen molar-refractivity contribution in [1.82, 2.24) is 5.32 Å². The fourth-order valence-corrected chi connectivity index (χ4v) is 3.71. The van der Waals surface area contributed by atoms with Crippen LogP contribution < -0.4 is 5.32 Å². The van der Waals surface area contributed by atoms with Crippen LogP contribution in [0, 0.1) is 6.92 Å². The molecule has 0 aliphatic rings. The lowest BCUT2D eigenvalue weighted by Gasteiger charge is -2.16. The molecule has 0 aliphatic carbocycles. The minimum absolute atomic E-state index is 0.131. The van der Waals surface area contributed by atoms with Crippen LogP contribution in [0.3, 0.4) is 0 Å². The van der Waals surface area contributed by atoms with Gasteiger partial charge in [0, 0.05) is 6.42 Å². The number of hydrogen-bond acceptors (Lipinski definition) is 3. The van der Waals surface area contributed by atoms with Crippen molar-refractivity contribution in [3.05, 3.63) is 65.2 Å². The third-order valence-corrected chi connectivity index (χ3v) is 5.80. The van der Waals surface area contributed by atoms with Crippen molar-refractivity contribution in [2.75, 3.05) is 5.75 Å². The summed E-state index contributed by atoms with van der Waals surface area (Å²) in [5.41, 5.74) is 0.407. The zero-order valence-corrected chi connectivity index (χ0v) is 15.7. The van der Waals surface area contributed by atoms with Gasteiger partial charge in [-0.25, -0.2) is 8.42 Å². The molecule has 8 heteroatoms. The number of rotatable bonds is 6. The summed E-state index contributed by atoms with van der Waals surface area (Å²) in [5, 5.41) is 2.54. The summed E-state index contributed by atoms with van der Waals surface area (Å²) in [6.07, 6.45) is -4.75. The van der Waals surface area contributed by atoms with Crippen molar-refractivity contribution in [1.29, 1.82) is 0 Å². The first-order valence-corrected chi connectivity index (χ1v) is 9.90. The highest BCUT2D eigenvalue weighted by Gasteiger charge is 2.30. The molecule has 0 radical (unpaired) electrons. The SMILES string of the molecule is Cc1ccc(S(=O)(=O)CCC(=O)NC(C)c2cccc(C(F)(F)F)c2)cc1. The van der Waals surface area contributed by atoms with E-state index in [-0.39, 0.29) is 17.1 Å². The predicted octanol–water partition coefficient (Wildman–Crippen LogP) is 4.06. The van der Waals surface area contributed by atoms with Crippen molar-refractivity contribution in [2.45, 2.75) is 37.4 Å². The molecule has 2 rings (SSSR count). The van der Waals surface area contributed by atoms with Gasteiger partial charge in [-0.2, -0.15) is 13.2 Å². The molecule has 0 fully saturated rings. The fourth-order valence-electron chi connectivity index (χ4n) is 2.47. The average Bonchev–Trinajstić information content (AvgIpc) is 2.60. The monoisotopic (exact) mass is 399 g/mol. The summed E-state index contributed by atoms with van der Waals surface area (Å²) in [6, 6.07) is 10.3. The van der Waals surface area contributed by atoms with Crippen LogP contribution in [-0.4, -0.2) is 20.1 Å². The van der Waals surface area contributed by atoms with E-state index in [2.05, 4.69) is 5.32 Å². The van der Waals surface area contributed by atoms with Crippen molar-refractivity contribution in [3.8, 4) is 0 Å². The van der Waals surface area contributed by atoms with E-state index in [0.29, 0.717) is 5.56 Å². The van der Waals surface area contributed by atoms with Crippen LogP contribution in [0.25, 0.3) is 0 Å². The van der Waals surface area contributed by atoms with Gasteiger partial charge in [-0.3, -0.25) is 4.79 Å². The zero-order valence-electron chi connectivity index (χ0n) is 14.9. The molecular formula is C19H20F3NO3S. The molecule has 1 atom stereocenters. The van der Waals surface area contributed by atoms with Gasteiger partial charge in [-0.1, -0.05) is 29.8 Å². The first-order chi connectivity index (χ1) is 12.5. The van der Waals surface area contributed by atoms with E-state index < -0.39 is 33.5 Å². The van der Waals surface area contributed by atoms with Crippen molar-refractivity contribution in [2.24, 2.45) is 0 Å². The van der Waals surface area contributed by atoms with E-state index in [1.165, 1.54) is 24.3 Å². The molecule has 0 aromatic heterocycles. The van der Waals surface area contributed by atoms with Crippen LogP contribution in [0.15, 0.2) is 53.4 Å². The molecule has 1 amide bonds. The quantitative estimate of drug-likeness (QED) is 0.797. The van der Waals surface area contributed by atoms with Gasteiger partial charge < -0.3 is 5.32 Å². The highest BCUT2D eigenvalue weighted by molar-refractivity contribution is 7.91. The molecule has 0 heterocycles. The number of aryl methyl sites for hydroxylation is 1. The summed E-state index contributed by atoms with van der Waals surface area (Å²) in [6.45, 7) is 3.38. The second kappa shape index (κ2) is 8.12. The number of hydrogen-bond donors (Lipinski definition) is 1. The molecule has 2 aromatic rings. The van der Waals surface area contributed by atoms with Gasteiger partial charge in [-0.15, -0.1) is 0 Å². The Morgan fingerprint density at radius 3 is 2.33 bits per heavy atom. The van der Waals surface area contributed by atoms with E-state index >= 15 is 0 Å². The normalized spacial score (nSPS) is 13.2. The van der Waals surface area contributed by atoms with Gasteiger partial charge in [0.1, 0.15) is 0 Å². The number of amides is 1. The highest BCUT2D eigenvalue weighted by Crippen LogP contribution is 2.30. The maximum Gasteiger partial charge on any atom is 0.416 e. The van der Waals surface area contributed by atoms with E-state index in [4.69, 9.17) is 0 Å². The van der Waals surface area contributed by atoms with Crippen LogP contribution in [-0.2, 0) is 20.8 Å². The van der Waals surface area contributed by atoms with Crippen molar-refractivity contribution < 1.29 is 26.4 Å². The van der Waals surface area contributed by atoms with Gasteiger partial charge in [0.25, 0.3) is 0 Å². The Balaban J connectivity index is 1.98. The largest absolute Gasteiger partial charge is 0.416 e. The molecular weight excluding hydrogens is 379 g/mol. The molecule has 0 spiro atoms. The topological polar surface area (TPSA) is 63.2 Å². The van der Waals surface area contributed by atoms with Crippen LogP contribution in [0.2, 0.25) is 0 Å². The van der Waals surface area contributed by atoms with Crippen LogP contribution in [0.1, 0.15) is 36.1 Å². The van der Waals surface area contributed by atoms with Crippen molar-refractivity contribution >= 4 is 15.7 Å². The number of carbonyl (C=O) groups is 1. The first kappa shape index (κ1) is 21.0. The third-order valence-electron chi connectivity index (χ3n) is 4.07. The third kappa shape index (κ3) is 5.82. The number of benzene rings is 2. The molecule has 4 nitrogen and oxygen atoms in total. The standard InChI is InChI=1S/C19H20F3NO3S/c1-13-6-8-17(9-7-13)27(25,26)11-10-18(24)23-14(2)15-4-3-5-16(12-15)19(20,21)22/h3-9,12,14H,10-11H2,1-2H3,(H,23,24). The van der Waals surface area contributed by atoms with Gasteiger partial charge in [-0.05, 0) is 43.7 Å². The Morgan fingerprint density at radius 1 is 1.11 bits per heavy atom. The lowest BCUT2D eigenvalue weighted by atomic mass is 10.0. The number of nitrogens with one attached hydrogen (secondary N) is 1. The maximum absolute atomic E-state index is 12.8. The van der Waals surface area contributed by atoms with Gasteiger partial charge in [0.2, 0.25) is 5.91 Å². The van der Waals surface area contributed by atoms with Gasteiger partial charge >= 0.3 is 6.18 Å². The van der Waals surface area contributed by atoms with E-state index in [1.54, 1.807) is 19.1 Å². The number of sulfone groups is 1. The Kier molecular flexibility index (Phi) is 6.30. The predicted molar refractivity (Wildman–Crippen MR) is 95.9 cm³/mol. The second-order valence-corrected chi connectivity index (χ2v) is 8.40. The minimum Gasteiger partial charge on any atom is -0.350 e. The molecule has 1 unspecified atom stereocenters. The number of carbonyl (C=O) groups excluding carboxylic acids is 1. The van der Waals surface area contributed by atoms with Crippen LogP contribution >= 0.6 is 0 Å². The zero-order chi connectivity index (χ0) is 20.2. The summed E-state index contributed by atoms with van der Waals surface area (Å²) in [7, 11) is -3.61. The Morgan fingerprint density at radius 2 is 1.74 bits per heavy atom. The van der Waals surface area contributed by atoms with Crippen LogP contribution in [0.5, 0.6) is 0 Å². The highest BCUT2D eigenvalue weighted by atomic mass is 32.2. The smallest absolute Gasteiger partial charge is 0.350 e. The van der Waals surface area contributed by atoms with Crippen molar-refractivity contribution in [3.63, 3.8) is 0 Å². The molecule has 146 valence electrons. The Labute approximate surface area is 156 Å². The lowest BCUT2D eigenvalue weighted by molar-refractivity contribution is -0.137. The van der Waals surface area contributed by atoms with Gasteiger partial charge in [0.05, 0.1) is 22.3 Å². The summed E-state index contributed by atoms with van der Waals surface area (Å²) in [4.78, 5) is 12.2. The maximum atomic E-state index is 12.8. The molecule has 0 saturated carbocycles. The lowest BCUT2D eigenvalue weighted by Crippen LogP contribution is -2.28. The van der Waals surface area contributed by atoms with Gasteiger partial charge in [0.15, 0.2) is 9.84 Å². The summed E-state index contributed by atoms with van der Waals surface area (Å²) >= 11 is 0. The van der Waals surface area contributed by atoms with E-state index in [1.807, 2.05) is 6.92 Å². The molecule has 0 bridgehead atoms.